The molecule has 48 heavy (non-hydrogen) atoms. The number of aryl methyl sites for hydroxylation is 2. The molecule has 8 aliphatic rings. The van der Waals surface area contributed by atoms with Crippen LogP contribution in [0.4, 0.5) is 0 Å². The van der Waals surface area contributed by atoms with Crippen molar-refractivity contribution in [3.8, 4) is 0 Å². The van der Waals surface area contributed by atoms with Crippen LogP contribution in [0.25, 0.3) is 0 Å². The highest BCUT2D eigenvalue weighted by atomic mass is 31.1. The molecule has 0 heterocycles. The van der Waals surface area contributed by atoms with Crippen LogP contribution in [0, 0.1) is 49.4 Å². The third kappa shape index (κ3) is 5.77. The largest absolute Gasteiger partial charge is 0.0894 e. The lowest BCUT2D eigenvalue weighted by Crippen LogP contribution is -2.56. The molecule has 0 amide bonds. The molecule has 8 aliphatic carbocycles. The van der Waals surface area contributed by atoms with Gasteiger partial charge in [0.15, 0.2) is 0 Å². The van der Waals surface area contributed by atoms with Crippen molar-refractivity contribution in [1.82, 2.24) is 0 Å². The molecular weight excluding hydrogens is 631 g/mol. The molecule has 0 N–H and O–H groups in total. The van der Waals surface area contributed by atoms with Crippen molar-refractivity contribution >= 4 is 39.7 Å². The van der Waals surface area contributed by atoms with Crippen LogP contribution in [-0.2, 0) is 12.3 Å². The second-order valence-electron chi connectivity index (χ2n) is 19.3. The van der Waals surface area contributed by atoms with Crippen molar-refractivity contribution in [3.63, 3.8) is 0 Å². The van der Waals surface area contributed by atoms with Crippen molar-refractivity contribution in [3.05, 3.63) is 89.0 Å². The van der Waals surface area contributed by atoms with Gasteiger partial charge in [-0.15, -0.1) is 0 Å². The van der Waals surface area contributed by atoms with Gasteiger partial charge in [0.05, 0.1) is 8.07 Å². The van der Waals surface area contributed by atoms with Crippen LogP contribution in [0.2, 0.25) is 19.6 Å². The molecule has 254 valence electrons. The van der Waals surface area contributed by atoms with E-state index in [-0.39, 0.29) is 7.92 Å². The van der Waals surface area contributed by atoms with Gasteiger partial charge in [-0.2, -0.15) is 0 Å². The first-order chi connectivity index (χ1) is 23.1. The molecular formula is C45H60P2Si. The maximum absolute atomic E-state index is 2.78. The summed E-state index contributed by atoms with van der Waals surface area (Å²) in [4.78, 5) is 0. The fourth-order valence-corrected chi connectivity index (χ4v) is 22.6. The molecule has 3 aromatic rings. The summed E-state index contributed by atoms with van der Waals surface area (Å²) < 4.78 is 0. The molecule has 0 spiro atoms. The Morgan fingerprint density at radius 3 is 1.35 bits per heavy atom. The van der Waals surface area contributed by atoms with Gasteiger partial charge in [-0.25, -0.2) is 0 Å². The molecule has 3 aromatic carbocycles. The summed E-state index contributed by atoms with van der Waals surface area (Å²) in [6, 6.07) is 26.9. The average molecular weight is 691 g/mol. The van der Waals surface area contributed by atoms with Gasteiger partial charge in [0.2, 0.25) is 0 Å². The van der Waals surface area contributed by atoms with E-state index in [1.807, 2.05) is 0 Å². The van der Waals surface area contributed by atoms with Crippen molar-refractivity contribution in [2.75, 3.05) is 0 Å². The number of hydrogen-bond donors (Lipinski definition) is 0. The van der Waals surface area contributed by atoms with Crippen molar-refractivity contribution in [2.24, 2.45) is 35.5 Å². The second-order valence-corrected chi connectivity index (χ2v) is 29.5. The van der Waals surface area contributed by atoms with E-state index in [0.717, 1.165) is 35.5 Å². The Labute approximate surface area is 296 Å². The lowest BCUT2D eigenvalue weighted by atomic mass is 9.55. The molecule has 0 aliphatic heterocycles. The Morgan fingerprint density at radius 2 is 0.958 bits per heavy atom. The lowest BCUT2D eigenvalue weighted by Gasteiger charge is -2.67. The molecule has 0 atom stereocenters. The summed E-state index contributed by atoms with van der Waals surface area (Å²) in [5.74, 6) is 6.33. The Morgan fingerprint density at radius 1 is 0.542 bits per heavy atom. The van der Waals surface area contributed by atoms with E-state index < -0.39 is 16.0 Å². The monoisotopic (exact) mass is 690 g/mol. The van der Waals surface area contributed by atoms with E-state index >= 15 is 0 Å². The van der Waals surface area contributed by atoms with Crippen LogP contribution in [0.3, 0.4) is 0 Å². The average Bonchev–Trinajstić information content (AvgIpc) is 3.02. The first-order valence-electron chi connectivity index (χ1n) is 19.8. The summed E-state index contributed by atoms with van der Waals surface area (Å²) in [5, 5.41) is 6.22. The summed E-state index contributed by atoms with van der Waals surface area (Å²) in [5.41, 5.74) is 6.46. The zero-order valence-electron chi connectivity index (χ0n) is 30.6. The van der Waals surface area contributed by atoms with Gasteiger partial charge in [0.25, 0.3) is 0 Å². The Bertz CT molecular complexity index is 1520. The van der Waals surface area contributed by atoms with Crippen LogP contribution in [0.1, 0.15) is 99.3 Å². The molecule has 0 nitrogen and oxygen atoms in total. The van der Waals surface area contributed by atoms with Crippen LogP contribution < -0.4 is 15.8 Å². The van der Waals surface area contributed by atoms with Crippen LogP contribution in [0.15, 0.2) is 66.7 Å². The van der Waals surface area contributed by atoms with Gasteiger partial charge in [-0.05, 0) is 184 Å². The highest BCUT2D eigenvalue weighted by Gasteiger charge is 2.62. The molecule has 0 aromatic heterocycles. The minimum atomic E-state index is -1.46. The van der Waals surface area contributed by atoms with Crippen molar-refractivity contribution in [1.29, 1.82) is 0 Å². The standard InChI is InChI=1S/C45H60P2Si/c1-31-10-6-8-12-42(31)46(43-13-9-7-11-32(43)2)29-40-22-41(48(3,4)5)15-14-39(40)30-47(44-23-33-16-34(24-44)18-35(17-33)25-44)45-26-36-19-37(27-45)21-38(20-36)28-45/h6-15,22,33-38H,16-21,23-30H2,1-5H3. The maximum atomic E-state index is 2.78. The van der Waals surface area contributed by atoms with E-state index in [1.165, 1.54) is 23.5 Å². The number of rotatable bonds is 9. The van der Waals surface area contributed by atoms with Crippen molar-refractivity contribution in [2.45, 2.75) is 133 Å². The van der Waals surface area contributed by atoms with Crippen molar-refractivity contribution < 1.29 is 0 Å². The van der Waals surface area contributed by atoms with E-state index in [2.05, 4.69) is 100 Å². The number of hydrogen-bond acceptors (Lipinski definition) is 0. The topological polar surface area (TPSA) is 0 Å². The van der Waals surface area contributed by atoms with Crippen LogP contribution in [-0.4, -0.2) is 18.4 Å². The first kappa shape index (κ1) is 32.6. The minimum absolute atomic E-state index is 0.0665. The normalized spacial score (nSPS) is 35.5. The summed E-state index contributed by atoms with van der Waals surface area (Å²) in [6.07, 6.45) is 21.7. The first-order valence-corrected chi connectivity index (χ1v) is 26.4. The van der Waals surface area contributed by atoms with Gasteiger partial charge >= 0.3 is 0 Å². The Balaban J connectivity index is 1.17. The van der Waals surface area contributed by atoms with E-state index in [1.54, 1.807) is 104 Å². The third-order valence-corrected chi connectivity index (χ3v) is 23.6. The molecule has 0 unspecified atom stereocenters. The predicted octanol–water partition coefficient (Wildman–Crippen LogP) is 11.4. The SMILES string of the molecule is Cc1ccccc1P(Cc1cc([Si](C)(C)C)ccc1CP(C12CC3CC(CC(C3)C1)C2)C12CC3CC(CC(C3)C1)C2)c1ccccc1C. The molecule has 0 saturated heterocycles. The summed E-state index contributed by atoms with van der Waals surface area (Å²) in [6.45, 7) is 12.4. The van der Waals surface area contributed by atoms with E-state index in [0.29, 0.717) is 10.3 Å². The second kappa shape index (κ2) is 12.2. The number of benzene rings is 3. The minimum Gasteiger partial charge on any atom is -0.0894 e. The van der Waals surface area contributed by atoms with Gasteiger partial charge in [0.1, 0.15) is 0 Å². The summed E-state index contributed by atoms with van der Waals surface area (Å²) >= 11 is 0. The maximum Gasteiger partial charge on any atom is 0.0776 e. The van der Waals surface area contributed by atoms with Gasteiger partial charge < -0.3 is 0 Å². The lowest BCUT2D eigenvalue weighted by molar-refractivity contribution is 0.0184. The van der Waals surface area contributed by atoms with Gasteiger partial charge in [-0.3, -0.25) is 0 Å². The molecule has 8 saturated carbocycles. The third-order valence-electron chi connectivity index (χ3n) is 14.7. The Kier molecular flexibility index (Phi) is 8.27. The molecule has 8 bridgehead atoms. The smallest absolute Gasteiger partial charge is 0.0776 e. The molecule has 11 rings (SSSR count). The fraction of sp³-hybridized carbons (Fsp3) is 0.600. The molecule has 0 radical (unpaired) electrons. The highest BCUT2D eigenvalue weighted by molar-refractivity contribution is 7.72. The molecule has 8 fully saturated rings. The quantitative estimate of drug-likeness (QED) is 0.155. The molecule has 3 heteroatoms. The van der Waals surface area contributed by atoms with E-state index in [4.69, 9.17) is 0 Å². The van der Waals surface area contributed by atoms with Crippen LogP contribution >= 0.6 is 15.8 Å². The fourth-order valence-electron chi connectivity index (χ4n) is 13.4. The Hall–Kier alpha value is -1.26. The highest BCUT2D eigenvalue weighted by Crippen LogP contribution is 2.79. The van der Waals surface area contributed by atoms with Crippen LogP contribution in [0.5, 0.6) is 0 Å². The predicted molar refractivity (Wildman–Crippen MR) is 214 cm³/mol. The zero-order chi connectivity index (χ0) is 32.8. The van der Waals surface area contributed by atoms with E-state index in [9.17, 15) is 0 Å². The zero-order valence-corrected chi connectivity index (χ0v) is 33.4. The summed E-state index contributed by atoms with van der Waals surface area (Å²) in [7, 11) is -2.02. The van der Waals surface area contributed by atoms with Gasteiger partial charge in [0, 0.05) is 6.16 Å². The van der Waals surface area contributed by atoms with Gasteiger partial charge in [-0.1, -0.05) is 99.5 Å².